The van der Waals surface area contributed by atoms with E-state index in [2.05, 4.69) is 6.58 Å². The molecule has 1 saturated heterocycles. The predicted molar refractivity (Wildman–Crippen MR) is 115 cm³/mol. The van der Waals surface area contributed by atoms with Crippen molar-refractivity contribution >= 4 is 17.1 Å². The molecule has 1 atom stereocenters. The van der Waals surface area contributed by atoms with Gasteiger partial charge in [0.25, 0.3) is 0 Å². The first-order valence-corrected chi connectivity index (χ1v) is 11.1. The lowest BCUT2D eigenvalue weighted by Crippen LogP contribution is -2.50. The average molecular weight is 405 g/mol. The minimum absolute atomic E-state index is 0.169. The third-order valence-electron chi connectivity index (χ3n) is 5.51. The highest BCUT2D eigenvalue weighted by Crippen LogP contribution is 2.39. The van der Waals surface area contributed by atoms with Gasteiger partial charge in [0.05, 0.1) is 22.0 Å². The summed E-state index contributed by atoms with van der Waals surface area (Å²) >= 11 is 0. The van der Waals surface area contributed by atoms with Crippen LogP contribution in [-0.4, -0.2) is 43.5 Å². The first-order valence-electron chi connectivity index (χ1n) is 9.62. The molecule has 0 saturated carbocycles. The van der Waals surface area contributed by atoms with Gasteiger partial charge in [-0.3, -0.25) is 0 Å². The summed E-state index contributed by atoms with van der Waals surface area (Å²) in [6.07, 6.45) is 5.92. The maximum Gasteiger partial charge on any atom is 0.477 e. The molecule has 1 fully saturated rings. The molecule has 1 aliphatic rings. The fraction of sp³-hybridized carbons (Fsp3) is 0.524. The molecule has 2 rings (SSSR count). The Morgan fingerprint density at radius 1 is 1.14 bits per heavy atom. The second-order valence-corrected chi connectivity index (χ2v) is 10.1. The van der Waals surface area contributed by atoms with E-state index >= 15 is 0 Å². The third-order valence-corrected chi connectivity index (χ3v) is 7.41. The van der Waals surface area contributed by atoms with Crippen LogP contribution in [0.1, 0.15) is 46.6 Å². The van der Waals surface area contributed by atoms with Gasteiger partial charge in [0.1, 0.15) is 0 Å². The zero-order valence-corrected chi connectivity index (χ0v) is 18.6. The fourth-order valence-corrected chi connectivity index (χ4v) is 4.66. The molecule has 1 aromatic rings. The molecule has 0 spiro atoms. The topological polar surface area (TPSA) is 55.8 Å². The molecule has 28 heavy (non-hydrogen) atoms. The molecule has 0 aliphatic carbocycles. The lowest BCUT2D eigenvalue weighted by atomic mass is 9.76. The van der Waals surface area contributed by atoms with E-state index in [1.807, 2.05) is 53.7 Å². The van der Waals surface area contributed by atoms with Gasteiger partial charge >= 0.3 is 7.12 Å². The molecule has 7 heteroatoms. The van der Waals surface area contributed by atoms with Gasteiger partial charge < -0.3 is 9.31 Å². The number of rotatable bonds is 8. The number of nitrogens with zero attached hydrogens (tertiary/aromatic N) is 1. The maximum absolute atomic E-state index is 13.5. The van der Waals surface area contributed by atoms with Crippen molar-refractivity contribution < 1.29 is 17.7 Å². The average Bonchev–Trinajstić information content (AvgIpc) is 2.82. The van der Waals surface area contributed by atoms with Crippen LogP contribution >= 0.6 is 0 Å². The van der Waals surface area contributed by atoms with Crippen LogP contribution in [0, 0.1) is 6.92 Å². The SMILES string of the molecule is C=CCN(C(C/C=C/C)B1OC(C)(C)C(C)(C)O1)S(=O)(=O)c1ccc(C)cc1. The van der Waals surface area contributed by atoms with Gasteiger partial charge in [0.15, 0.2) is 0 Å². The maximum atomic E-state index is 13.5. The summed E-state index contributed by atoms with van der Waals surface area (Å²) in [7, 11) is -4.43. The van der Waals surface area contributed by atoms with Crippen LogP contribution < -0.4 is 0 Å². The molecule has 0 N–H and O–H groups in total. The largest absolute Gasteiger partial charge is 0.477 e. The zero-order valence-electron chi connectivity index (χ0n) is 17.8. The minimum atomic E-state index is -3.75. The standard InChI is InChI=1S/C21H32BNO4S/c1-8-10-11-19(22-26-20(4,5)21(6,7)27-22)23(16-9-2)28(24,25)18-14-12-17(3)13-15-18/h8-10,12-15,19H,2,11,16H2,1,3-7H3/b10-8+. The van der Waals surface area contributed by atoms with Crippen molar-refractivity contribution in [3.8, 4) is 0 Å². The van der Waals surface area contributed by atoms with Gasteiger partial charge in [0.2, 0.25) is 10.0 Å². The highest BCUT2D eigenvalue weighted by Gasteiger charge is 2.55. The second-order valence-electron chi connectivity index (χ2n) is 8.17. The van der Waals surface area contributed by atoms with Crippen molar-refractivity contribution in [1.82, 2.24) is 4.31 Å². The van der Waals surface area contributed by atoms with Gasteiger partial charge in [-0.25, -0.2) is 8.42 Å². The van der Waals surface area contributed by atoms with E-state index in [9.17, 15) is 8.42 Å². The molecule has 1 unspecified atom stereocenters. The van der Waals surface area contributed by atoms with Crippen LogP contribution in [0.15, 0.2) is 54.0 Å². The molecule has 0 amide bonds. The molecule has 0 aromatic heterocycles. The van der Waals surface area contributed by atoms with Crippen molar-refractivity contribution in [2.75, 3.05) is 6.54 Å². The normalized spacial score (nSPS) is 20.0. The number of sulfonamides is 1. The number of hydrogen-bond donors (Lipinski definition) is 0. The Hall–Kier alpha value is -1.41. The molecule has 0 bridgehead atoms. The van der Waals surface area contributed by atoms with E-state index in [4.69, 9.17) is 9.31 Å². The van der Waals surface area contributed by atoms with Crippen molar-refractivity contribution in [3.05, 3.63) is 54.6 Å². The van der Waals surface area contributed by atoms with Gasteiger partial charge in [-0.15, -0.1) is 6.58 Å². The fourth-order valence-electron chi connectivity index (χ4n) is 3.07. The number of benzene rings is 1. The van der Waals surface area contributed by atoms with Crippen LogP contribution in [-0.2, 0) is 19.3 Å². The van der Waals surface area contributed by atoms with Gasteiger partial charge in [-0.2, -0.15) is 4.31 Å². The summed E-state index contributed by atoms with van der Waals surface area (Å²) in [6.45, 7) is 15.6. The molecular weight excluding hydrogens is 373 g/mol. The van der Waals surface area contributed by atoms with Gasteiger partial charge in [0, 0.05) is 6.54 Å². The van der Waals surface area contributed by atoms with E-state index in [0.717, 1.165) is 5.56 Å². The van der Waals surface area contributed by atoms with Crippen LogP contribution in [0.3, 0.4) is 0 Å². The van der Waals surface area contributed by atoms with Gasteiger partial charge in [-0.1, -0.05) is 35.9 Å². The molecule has 154 valence electrons. The Labute approximate surface area is 170 Å². The Balaban J connectivity index is 2.48. The van der Waals surface area contributed by atoms with Crippen LogP contribution in [0.25, 0.3) is 0 Å². The van der Waals surface area contributed by atoms with Crippen molar-refractivity contribution in [1.29, 1.82) is 0 Å². The molecule has 5 nitrogen and oxygen atoms in total. The molecule has 1 heterocycles. The summed E-state index contributed by atoms with van der Waals surface area (Å²) in [5, 5.41) is 0. The van der Waals surface area contributed by atoms with E-state index < -0.39 is 34.3 Å². The summed E-state index contributed by atoms with van der Waals surface area (Å²) < 4.78 is 40.8. The van der Waals surface area contributed by atoms with E-state index in [1.165, 1.54) is 4.31 Å². The van der Waals surface area contributed by atoms with Crippen LogP contribution in [0.4, 0.5) is 0 Å². The number of hydrogen-bond acceptors (Lipinski definition) is 4. The highest BCUT2D eigenvalue weighted by atomic mass is 32.2. The first kappa shape index (κ1) is 22.9. The van der Waals surface area contributed by atoms with Crippen LogP contribution in [0.2, 0.25) is 0 Å². The lowest BCUT2D eigenvalue weighted by molar-refractivity contribution is 0.00578. The smallest absolute Gasteiger partial charge is 0.402 e. The molecule has 1 aliphatic heterocycles. The number of allylic oxidation sites excluding steroid dienone is 1. The lowest BCUT2D eigenvalue weighted by Gasteiger charge is -2.32. The van der Waals surface area contributed by atoms with E-state index in [-0.39, 0.29) is 11.4 Å². The Morgan fingerprint density at radius 3 is 2.14 bits per heavy atom. The van der Waals surface area contributed by atoms with Crippen molar-refractivity contribution in [3.63, 3.8) is 0 Å². The summed E-state index contributed by atoms with van der Waals surface area (Å²) in [5.74, 6) is -0.512. The summed E-state index contributed by atoms with van der Waals surface area (Å²) in [6, 6.07) is 6.87. The number of aryl methyl sites for hydroxylation is 1. The minimum Gasteiger partial charge on any atom is -0.402 e. The van der Waals surface area contributed by atoms with Crippen molar-refractivity contribution in [2.24, 2.45) is 0 Å². The quantitative estimate of drug-likeness (QED) is 0.482. The Kier molecular flexibility index (Phi) is 6.97. The molecule has 0 radical (unpaired) electrons. The highest BCUT2D eigenvalue weighted by molar-refractivity contribution is 7.89. The van der Waals surface area contributed by atoms with Gasteiger partial charge in [-0.05, 0) is 60.1 Å². The van der Waals surface area contributed by atoms with E-state index in [1.54, 1.807) is 30.3 Å². The molecular formula is C21H32BNO4S. The third kappa shape index (κ3) is 4.59. The second kappa shape index (κ2) is 8.53. The first-order chi connectivity index (χ1) is 13.0. The Bertz CT molecular complexity index is 799. The summed E-state index contributed by atoms with van der Waals surface area (Å²) in [5.41, 5.74) is -0.0795. The summed E-state index contributed by atoms with van der Waals surface area (Å²) in [4.78, 5) is 0.252. The van der Waals surface area contributed by atoms with Crippen molar-refractivity contribution in [2.45, 2.75) is 70.0 Å². The van der Waals surface area contributed by atoms with E-state index in [0.29, 0.717) is 6.42 Å². The van der Waals surface area contributed by atoms with Crippen LogP contribution in [0.5, 0.6) is 0 Å². The zero-order chi connectivity index (χ0) is 21.2. The Morgan fingerprint density at radius 2 is 1.68 bits per heavy atom. The predicted octanol–water partition coefficient (Wildman–Crippen LogP) is 4.14. The monoisotopic (exact) mass is 405 g/mol. The molecule has 1 aromatic carbocycles.